The van der Waals surface area contributed by atoms with Crippen molar-refractivity contribution in [2.75, 3.05) is 18.4 Å². The Kier molecular flexibility index (Phi) is 7.92. The van der Waals surface area contributed by atoms with Gasteiger partial charge in [0, 0.05) is 24.3 Å². The van der Waals surface area contributed by atoms with Crippen molar-refractivity contribution in [3.63, 3.8) is 0 Å². The molecule has 0 spiro atoms. The molecule has 8 nitrogen and oxygen atoms in total. The van der Waals surface area contributed by atoms with E-state index in [-0.39, 0.29) is 6.03 Å². The molecule has 0 aliphatic carbocycles. The molecule has 3 aromatic carbocycles. The van der Waals surface area contributed by atoms with Gasteiger partial charge in [0.25, 0.3) is 0 Å². The van der Waals surface area contributed by atoms with E-state index in [1.54, 1.807) is 6.92 Å². The van der Waals surface area contributed by atoms with E-state index in [9.17, 15) is 9.59 Å². The van der Waals surface area contributed by atoms with Gasteiger partial charge >= 0.3 is 11.9 Å². The molecule has 39 heavy (non-hydrogen) atoms. The number of ether oxygens (including phenoxy) is 1. The molecule has 8 heteroatoms. The van der Waals surface area contributed by atoms with Crippen LogP contribution in [-0.2, 0) is 13.2 Å². The predicted molar refractivity (Wildman–Crippen MR) is 149 cm³/mol. The lowest BCUT2D eigenvalue weighted by atomic mass is 10.0. The van der Waals surface area contributed by atoms with Crippen molar-refractivity contribution in [3.05, 3.63) is 130 Å². The van der Waals surface area contributed by atoms with Crippen LogP contribution in [0.25, 0.3) is 11.1 Å². The maximum absolute atomic E-state index is 12.5. The monoisotopic (exact) mass is 523 g/mol. The molecule has 0 bridgehead atoms. The number of amides is 2. The van der Waals surface area contributed by atoms with Crippen LogP contribution in [0.4, 0.5) is 10.5 Å². The summed E-state index contributed by atoms with van der Waals surface area (Å²) in [4.78, 5) is 25.7. The topological polar surface area (TPSA) is 97.0 Å². The molecule has 1 aromatic heterocycles. The lowest BCUT2D eigenvalue weighted by Gasteiger charge is -2.24. The lowest BCUT2D eigenvalue weighted by Crippen LogP contribution is -2.33. The Morgan fingerprint density at radius 2 is 1.74 bits per heavy atom. The Balaban J connectivity index is 1.09. The van der Waals surface area contributed by atoms with E-state index in [1.165, 1.54) is 0 Å². The van der Waals surface area contributed by atoms with E-state index in [1.807, 2.05) is 90.0 Å². The van der Waals surface area contributed by atoms with Crippen LogP contribution in [0, 0.1) is 6.92 Å². The number of hydrogen-bond donors (Lipinski definition) is 2. The third kappa shape index (κ3) is 6.87. The van der Waals surface area contributed by atoms with Crippen molar-refractivity contribution in [3.8, 4) is 16.9 Å². The Labute approximate surface area is 226 Å². The van der Waals surface area contributed by atoms with E-state index in [2.05, 4.69) is 22.8 Å². The predicted octanol–water partition coefficient (Wildman–Crippen LogP) is 5.86. The van der Waals surface area contributed by atoms with Crippen molar-refractivity contribution < 1.29 is 18.4 Å². The second kappa shape index (κ2) is 12.0. The molecular weight excluding hydrogens is 494 g/mol. The molecule has 5 rings (SSSR count). The fourth-order valence-corrected chi connectivity index (χ4v) is 4.26. The van der Waals surface area contributed by atoms with E-state index in [0.29, 0.717) is 43.4 Å². The van der Waals surface area contributed by atoms with Crippen LogP contribution in [0.1, 0.15) is 17.1 Å². The summed E-state index contributed by atoms with van der Waals surface area (Å²) < 4.78 is 16.1. The average molecular weight is 524 g/mol. The van der Waals surface area contributed by atoms with Crippen molar-refractivity contribution in [2.45, 2.75) is 20.1 Å². The number of urea groups is 1. The molecule has 0 fully saturated rings. The molecule has 0 saturated heterocycles. The van der Waals surface area contributed by atoms with Gasteiger partial charge in [-0.25, -0.2) is 9.59 Å². The van der Waals surface area contributed by atoms with Crippen LogP contribution in [0.2, 0.25) is 0 Å². The molecular formula is C31H29N3O5. The highest BCUT2D eigenvalue weighted by molar-refractivity contribution is 5.89. The third-order valence-electron chi connectivity index (χ3n) is 6.27. The van der Waals surface area contributed by atoms with Gasteiger partial charge in [-0.1, -0.05) is 66.7 Å². The van der Waals surface area contributed by atoms with Crippen molar-refractivity contribution in [1.82, 2.24) is 10.2 Å². The highest BCUT2D eigenvalue weighted by Gasteiger charge is 2.15. The summed E-state index contributed by atoms with van der Waals surface area (Å²) in [5, 5.41) is 5.75. The van der Waals surface area contributed by atoms with Crippen LogP contribution in [-0.4, -0.2) is 24.0 Å². The number of benzene rings is 3. The van der Waals surface area contributed by atoms with Crippen LogP contribution < -0.4 is 21.2 Å². The van der Waals surface area contributed by atoms with Gasteiger partial charge in [-0.15, -0.1) is 0 Å². The molecule has 0 saturated carbocycles. The van der Waals surface area contributed by atoms with Crippen LogP contribution in [0.3, 0.4) is 0 Å². The van der Waals surface area contributed by atoms with E-state index >= 15 is 0 Å². The molecule has 0 unspecified atom stereocenters. The maximum Gasteiger partial charge on any atom is 0.519 e. The number of allylic oxidation sites excluding steroid dienone is 2. The molecule has 0 atom stereocenters. The third-order valence-corrected chi connectivity index (χ3v) is 6.27. The number of aryl methyl sites for hydroxylation is 1. The van der Waals surface area contributed by atoms with E-state index in [0.717, 1.165) is 28.0 Å². The number of anilines is 1. The lowest BCUT2D eigenvalue weighted by molar-refractivity contribution is 0.252. The molecule has 1 aliphatic rings. The van der Waals surface area contributed by atoms with Crippen molar-refractivity contribution in [1.29, 1.82) is 0 Å². The minimum absolute atomic E-state index is 0.297. The Morgan fingerprint density at radius 1 is 0.974 bits per heavy atom. The summed E-state index contributed by atoms with van der Waals surface area (Å²) >= 11 is 0. The fourth-order valence-electron chi connectivity index (χ4n) is 4.26. The first-order valence-corrected chi connectivity index (χ1v) is 12.6. The van der Waals surface area contributed by atoms with Gasteiger partial charge < -0.3 is 29.1 Å². The first kappa shape index (κ1) is 25.7. The second-order valence-corrected chi connectivity index (χ2v) is 9.16. The standard InChI is InChI=1S/C31H29N3O5/c1-22-29(39-31(36)38-22)20-34-17-7-8-24(19-34)18-32-30(35)33-26-15-13-23(14-16-26)21-37-28-12-6-5-11-27(28)25-9-3-2-4-10-25/h2-17H,18-21H2,1H3,(H2,32,33,35). The van der Waals surface area contributed by atoms with Gasteiger partial charge in [-0.05, 0) is 54.1 Å². The maximum atomic E-state index is 12.5. The number of rotatable bonds is 9. The van der Waals surface area contributed by atoms with Gasteiger partial charge in [0.1, 0.15) is 18.1 Å². The van der Waals surface area contributed by atoms with Crippen LogP contribution in [0.5, 0.6) is 5.75 Å². The van der Waals surface area contributed by atoms with E-state index in [4.69, 9.17) is 13.6 Å². The largest absolute Gasteiger partial charge is 0.519 e. The van der Waals surface area contributed by atoms with Gasteiger partial charge in [0.2, 0.25) is 0 Å². The average Bonchev–Trinajstić information content (AvgIpc) is 3.28. The normalized spacial score (nSPS) is 12.6. The number of carbonyl (C=O) groups excluding carboxylic acids is 1. The Hall–Kier alpha value is -4.98. The highest BCUT2D eigenvalue weighted by atomic mass is 16.6. The summed E-state index contributed by atoms with van der Waals surface area (Å²) in [6.45, 7) is 3.49. The van der Waals surface area contributed by atoms with Crippen LogP contribution in [0.15, 0.2) is 116 Å². The smallest absolute Gasteiger partial charge is 0.488 e. The van der Waals surface area contributed by atoms with Crippen LogP contribution >= 0.6 is 0 Å². The molecule has 2 heterocycles. The van der Waals surface area contributed by atoms with Crippen molar-refractivity contribution in [2.24, 2.45) is 0 Å². The second-order valence-electron chi connectivity index (χ2n) is 9.16. The summed E-state index contributed by atoms with van der Waals surface area (Å²) in [6, 6.07) is 25.4. The molecule has 198 valence electrons. The highest BCUT2D eigenvalue weighted by Crippen LogP contribution is 2.30. The van der Waals surface area contributed by atoms with Crippen molar-refractivity contribution >= 4 is 11.7 Å². The molecule has 2 N–H and O–H groups in total. The van der Waals surface area contributed by atoms with Gasteiger partial charge in [0.15, 0.2) is 5.76 Å². The minimum atomic E-state index is -0.702. The summed E-state index contributed by atoms with van der Waals surface area (Å²) in [6.07, 6.45) is 5.76. The first-order chi connectivity index (χ1) is 19.0. The number of carbonyl (C=O) groups is 1. The Morgan fingerprint density at radius 3 is 2.51 bits per heavy atom. The van der Waals surface area contributed by atoms with Gasteiger partial charge in [-0.2, -0.15) is 0 Å². The zero-order valence-corrected chi connectivity index (χ0v) is 21.6. The number of hydrogen-bond acceptors (Lipinski definition) is 6. The number of nitrogens with one attached hydrogen (secondary N) is 2. The number of nitrogens with zero attached hydrogens (tertiary/aromatic N) is 1. The first-order valence-electron chi connectivity index (χ1n) is 12.6. The Bertz CT molecular complexity index is 1530. The van der Waals surface area contributed by atoms with Gasteiger partial charge in [0.05, 0.1) is 6.54 Å². The molecule has 4 aromatic rings. The minimum Gasteiger partial charge on any atom is -0.488 e. The zero-order chi connectivity index (χ0) is 27.0. The fraction of sp³-hybridized carbons (Fsp3) is 0.161. The summed E-state index contributed by atoms with van der Waals surface area (Å²) in [7, 11) is 0. The molecule has 2 amide bonds. The van der Waals surface area contributed by atoms with E-state index < -0.39 is 5.82 Å². The summed E-state index contributed by atoms with van der Waals surface area (Å²) in [5.74, 6) is 1.08. The summed E-state index contributed by atoms with van der Waals surface area (Å²) in [5.41, 5.74) is 4.84. The zero-order valence-electron chi connectivity index (χ0n) is 21.6. The molecule has 1 aliphatic heterocycles. The SMILES string of the molecule is Cc1oc(=O)oc1CN1C=CC=C(CNC(=O)Nc2ccc(COc3ccccc3-c3ccccc3)cc2)C1. The van der Waals surface area contributed by atoms with Gasteiger partial charge in [-0.3, -0.25) is 0 Å². The quantitative estimate of drug-likeness (QED) is 0.285. The molecule has 0 radical (unpaired) electrons. The number of para-hydroxylation sites is 1.